The van der Waals surface area contributed by atoms with Crippen molar-refractivity contribution in [3.8, 4) is 6.07 Å². The molecule has 0 aromatic heterocycles. The Morgan fingerprint density at radius 2 is 1.42 bits per heavy atom. The zero-order chi connectivity index (χ0) is 18.8. The lowest BCUT2D eigenvalue weighted by Gasteiger charge is -2.12. The Hall–Kier alpha value is -2.16. The van der Waals surface area contributed by atoms with Crippen molar-refractivity contribution in [3.05, 3.63) is 81.6 Å². The zero-order valence-electron chi connectivity index (χ0n) is 14.9. The summed E-state index contributed by atoms with van der Waals surface area (Å²) in [6.45, 7) is 3.78. The molecular formula is C21H22N2OS2. The van der Waals surface area contributed by atoms with E-state index in [1.807, 2.05) is 74.5 Å². The summed E-state index contributed by atoms with van der Waals surface area (Å²) in [5, 5.41) is 12.4. The fourth-order valence-electron chi connectivity index (χ4n) is 2.16. The fraction of sp³-hybridized carbons (Fsp3) is 0.238. The average Bonchev–Trinajstić information content (AvgIpc) is 2.65. The van der Waals surface area contributed by atoms with Crippen molar-refractivity contribution in [3.63, 3.8) is 0 Å². The van der Waals surface area contributed by atoms with Crippen molar-refractivity contribution in [1.29, 1.82) is 5.26 Å². The molecule has 26 heavy (non-hydrogen) atoms. The Morgan fingerprint density at radius 3 is 1.81 bits per heavy atom. The summed E-state index contributed by atoms with van der Waals surface area (Å²) in [4.78, 5) is 12.4. The van der Waals surface area contributed by atoms with Gasteiger partial charge in [0.1, 0.15) is 11.6 Å². The second-order valence-electron chi connectivity index (χ2n) is 5.95. The molecule has 0 spiro atoms. The standard InChI is InChI=1S/C21H22N2OS2/c1-16(2)23-20(24)19(13-22)21(25-14-17-9-5-3-6-10-17)26-15-18-11-7-4-8-12-18/h3-12,16H,14-15H2,1-2H3,(H,23,24). The molecule has 0 saturated carbocycles. The predicted octanol–water partition coefficient (Wildman–Crippen LogP) is 5.11. The van der Waals surface area contributed by atoms with Crippen LogP contribution in [0.25, 0.3) is 0 Å². The number of nitriles is 1. The van der Waals surface area contributed by atoms with Gasteiger partial charge < -0.3 is 5.32 Å². The molecule has 0 heterocycles. The molecular weight excluding hydrogens is 360 g/mol. The molecule has 0 aliphatic carbocycles. The molecule has 5 heteroatoms. The fourth-order valence-corrected chi connectivity index (χ4v) is 4.39. The third-order valence-electron chi connectivity index (χ3n) is 3.39. The predicted molar refractivity (Wildman–Crippen MR) is 111 cm³/mol. The minimum absolute atomic E-state index is 0.00894. The van der Waals surface area contributed by atoms with Crippen molar-refractivity contribution >= 4 is 29.4 Å². The molecule has 1 N–H and O–H groups in total. The van der Waals surface area contributed by atoms with E-state index in [9.17, 15) is 10.1 Å². The number of nitrogens with one attached hydrogen (secondary N) is 1. The summed E-state index contributed by atoms with van der Waals surface area (Å²) in [6, 6.07) is 22.2. The van der Waals surface area contributed by atoms with Crippen LogP contribution in [0.15, 0.2) is 70.5 Å². The van der Waals surface area contributed by atoms with Crippen molar-refractivity contribution in [2.75, 3.05) is 0 Å². The van der Waals surface area contributed by atoms with E-state index in [4.69, 9.17) is 0 Å². The lowest BCUT2D eigenvalue weighted by molar-refractivity contribution is -0.117. The first-order valence-corrected chi connectivity index (χ1v) is 10.4. The number of benzene rings is 2. The van der Waals surface area contributed by atoms with E-state index in [-0.39, 0.29) is 17.5 Å². The second kappa shape index (κ2) is 10.7. The van der Waals surface area contributed by atoms with Crippen LogP contribution in [0.2, 0.25) is 0 Å². The number of carbonyl (C=O) groups excluding carboxylic acids is 1. The highest BCUT2D eigenvalue weighted by molar-refractivity contribution is 8.21. The highest BCUT2D eigenvalue weighted by Crippen LogP contribution is 2.36. The molecule has 0 fully saturated rings. The van der Waals surface area contributed by atoms with Crippen molar-refractivity contribution in [2.24, 2.45) is 0 Å². The van der Waals surface area contributed by atoms with Gasteiger partial charge in [-0.15, -0.1) is 23.5 Å². The van der Waals surface area contributed by atoms with Gasteiger partial charge >= 0.3 is 0 Å². The summed E-state index contributed by atoms with van der Waals surface area (Å²) >= 11 is 3.08. The lowest BCUT2D eigenvalue weighted by atomic mass is 10.2. The molecule has 0 radical (unpaired) electrons. The van der Waals surface area contributed by atoms with Crippen LogP contribution < -0.4 is 5.32 Å². The van der Waals surface area contributed by atoms with Gasteiger partial charge in [0.2, 0.25) is 0 Å². The number of rotatable bonds is 8. The van der Waals surface area contributed by atoms with Crippen LogP contribution in [0.1, 0.15) is 25.0 Å². The minimum Gasteiger partial charge on any atom is -0.349 e. The Labute approximate surface area is 163 Å². The Morgan fingerprint density at radius 1 is 0.962 bits per heavy atom. The molecule has 0 atom stereocenters. The SMILES string of the molecule is CC(C)NC(=O)C(C#N)=C(SCc1ccccc1)SCc1ccccc1. The molecule has 134 valence electrons. The van der Waals surface area contributed by atoms with Gasteiger partial charge in [-0.05, 0) is 25.0 Å². The number of nitrogens with zero attached hydrogens (tertiary/aromatic N) is 1. The molecule has 2 rings (SSSR count). The highest BCUT2D eigenvalue weighted by Gasteiger charge is 2.17. The van der Waals surface area contributed by atoms with Crippen molar-refractivity contribution in [2.45, 2.75) is 31.4 Å². The molecule has 0 saturated heterocycles. The quantitative estimate of drug-likeness (QED) is 0.509. The van der Waals surface area contributed by atoms with E-state index < -0.39 is 0 Å². The molecule has 2 aromatic carbocycles. The van der Waals surface area contributed by atoms with E-state index in [0.717, 1.165) is 26.9 Å². The molecule has 1 amide bonds. The van der Waals surface area contributed by atoms with Crippen molar-refractivity contribution in [1.82, 2.24) is 5.32 Å². The van der Waals surface area contributed by atoms with E-state index in [0.29, 0.717) is 0 Å². The van der Waals surface area contributed by atoms with E-state index in [2.05, 4.69) is 11.4 Å². The third kappa shape index (κ3) is 6.62. The summed E-state index contributed by atoms with van der Waals surface area (Å²) in [5.41, 5.74) is 2.52. The molecule has 0 bridgehead atoms. The first-order chi connectivity index (χ1) is 12.6. The first-order valence-electron chi connectivity index (χ1n) is 8.39. The second-order valence-corrected chi connectivity index (χ2v) is 8.18. The molecule has 0 unspecified atom stereocenters. The maximum Gasteiger partial charge on any atom is 0.263 e. The summed E-state index contributed by atoms with van der Waals surface area (Å²) in [6.07, 6.45) is 0. The summed E-state index contributed by atoms with van der Waals surface area (Å²) < 4.78 is 0.762. The monoisotopic (exact) mass is 382 g/mol. The van der Waals surface area contributed by atoms with Gasteiger partial charge in [-0.25, -0.2) is 0 Å². The van der Waals surface area contributed by atoms with Gasteiger partial charge in [0.05, 0.1) is 4.24 Å². The van der Waals surface area contributed by atoms with E-state index in [1.54, 1.807) is 23.5 Å². The van der Waals surface area contributed by atoms with Crippen molar-refractivity contribution < 1.29 is 4.79 Å². The Balaban J connectivity index is 2.19. The largest absolute Gasteiger partial charge is 0.349 e. The molecule has 2 aromatic rings. The van der Waals surface area contributed by atoms with Crippen LogP contribution in [-0.2, 0) is 16.3 Å². The molecule has 0 aliphatic heterocycles. The summed E-state index contributed by atoms with van der Waals surface area (Å²) in [5.74, 6) is 1.13. The maximum atomic E-state index is 12.4. The number of hydrogen-bond donors (Lipinski definition) is 1. The van der Waals surface area contributed by atoms with Crippen LogP contribution in [0, 0.1) is 11.3 Å². The Bertz CT molecular complexity index is 735. The normalized spacial score (nSPS) is 10.2. The van der Waals surface area contributed by atoms with Gasteiger partial charge in [0, 0.05) is 17.5 Å². The van der Waals surface area contributed by atoms with Gasteiger partial charge in [0.15, 0.2) is 0 Å². The topological polar surface area (TPSA) is 52.9 Å². The smallest absolute Gasteiger partial charge is 0.263 e. The van der Waals surface area contributed by atoms with Gasteiger partial charge in [-0.1, -0.05) is 60.7 Å². The van der Waals surface area contributed by atoms with Gasteiger partial charge in [0.25, 0.3) is 5.91 Å². The van der Waals surface area contributed by atoms with Crippen LogP contribution >= 0.6 is 23.5 Å². The number of thioether (sulfide) groups is 2. The average molecular weight is 383 g/mol. The molecule has 3 nitrogen and oxygen atoms in total. The van der Waals surface area contributed by atoms with Gasteiger partial charge in [-0.3, -0.25) is 4.79 Å². The zero-order valence-corrected chi connectivity index (χ0v) is 16.6. The lowest BCUT2D eigenvalue weighted by Crippen LogP contribution is -2.31. The number of amides is 1. The van der Waals surface area contributed by atoms with Crippen LogP contribution in [0.5, 0.6) is 0 Å². The maximum absolute atomic E-state index is 12.4. The molecule has 0 aliphatic rings. The summed E-state index contributed by atoms with van der Waals surface area (Å²) in [7, 11) is 0. The Kier molecular flexibility index (Phi) is 8.33. The number of carbonyl (C=O) groups is 1. The third-order valence-corrected chi connectivity index (χ3v) is 5.98. The van der Waals surface area contributed by atoms with E-state index >= 15 is 0 Å². The van der Waals surface area contributed by atoms with E-state index in [1.165, 1.54) is 0 Å². The first kappa shape index (κ1) is 20.2. The minimum atomic E-state index is -0.307. The number of hydrogen-bond acceptors (Lipinski definition) is 4. The highest BCUT2D eigenvalue weighted by atomic mass is 32.2. The van der Waals surface area contributed by atoms with Crippen LogP contribution in [-0.4, -0.2) is 11.9 Å². The van der Waals surface area contributed by atoms with Gasteiger partial charge in [-0.2, -0.15) is 5.26 Å². The van der Waals surface area contributed by atoms with Crippen LogP contribution in [0.4, 0.5) is 0 Å². The van der Waals surface area contributed by atoms with Crippen LogP contribution in [0.3, 0.4) is 0 Å².